The fourth-order valence-corrected chi connectivity index (χ4v) is 4.06. The quantitative estimate of drug-likeness (QED) is 0.816. The van der Waals surface area contributed by atoms with Gasteiger partial charge in [0, 0.05) is 43.5 Å². The van der Waals surface area contributed by atoms with Crippen LogP contribution in [0.3, 0.4) is 0 Å². The van der Waals surface area contributed by atoms with E-state index in [1.165, 1.54) is 31.4 Å². The van der Waals surface area contributed by atoms with Gasteiger partial charge in [0.2, 0.25) is 5.88 Å². The van der Waals surface area contributed by atoms with Gasteiger partial charge in [-0.05, 0) is 36.5 Å². The van der Waals surface area contributed by atoms with Gasteiger partial charge in [0.25, 0.3) is 0 Å². The van der Waals surface area contributed by atoms with E-state index in [9.17, 15) is 4.39 Å². The molecular formula is C21H26FN3O2. The Hall–Kier alpha value is -2.02. The van der Waals surface area contributed by atoms with Crippen LogP contribution >= 0.6 is 0 Å². The molecule has 1 aliphatic heterocycles. The Balaban J connectivity index is 1.30. The van der Waals surface area contributed by atoms with Gasteiger partial charge in [-0.15, -0.1) is 0 Å². The number of hydrogen-bond donors (Lipinski definition) is 2. The van der Waals surface area contributed by atoms with Gasteiger partial charge in [0.05, 0.1) is 13.2 Å². The fourth-order valence-electron chi connectivity index (χ4n) is 4.06. The first-order valence-corrected chi connectivity index (χ1v) is 9.71. The van der Waals surface area contributed by atoms with Gasteiger partial charge >= 0.3 is 0 Å². The molecule has 3 unspecified atom stereocenters. The second-order valence-electron chi connectivity index (χ2n) is 7.28. The van der Waals surface area contributed by atoms with Gasteiger partial charge in [-0.3, -0.25) is 0 Å². The van der Waals surface area contributed by atoms with Gasteiger partial charge in [0.1, 0.15) is 11.6 Å². The smallest absolute Gasteiger partial charge is 0.219 e. The lowest BCUT2D eigenvalue weighted by molar-refractivity contribution is 0.0524. The number of aromatic nitrogens is 1. The molecule has 0 bridgehead atoms. The largest absolute Gasteiger partial charge is 0.439 e. The molecule has 1 saturated heterocycles. The highest BCUT2D eigenvalue weighted by atomic mass is 19.1. The third kappa shape index (κ3) is 4.83. The zero-order valence-corrected chi connectivity index (χ0v) is 15.4. The number of rotatable bonds is 6. The monoisotopic (exact) mass is 371 g/mol. The van der Waals surface area contributed by atoms with Crippen molar-refractivity contribution in [3.8, 4) is 11.6 Å². The summed E-state index contributed by atoms with van der Waals surface area (Å²) in [6.45, 7) is 3.36. The Morgan fingerprint density at radius 2 is 2.22 bits per heavy atom. The number of pyridine rings is 1. The van der Waals surface area contributed by atoms with Gasteiger partial charge in [-0.2, -0.15) is 0 Å². The highest BCUT2D eigenvalue weighted by Gasteiger charge is 2.34. The molecule has 2 aliphatic rings. The van der Waals surface area contributed by atoms with E-state index < -0.39 is 0 Å². The van der Waals surface area contributed by atoms with Crippen molar-refractivity contribution < 1.29 is 13.9 Å². The molecule has 1 aromatic heterocycles. The van der Waals surface area contributed by atoms with E-state index in [1.54, 1.807) is 12.1 Å². The van der Waals surface area contributed by atoms with Crippen LogP contribution in [0.2, 0.25) is 0 Å². The highest BCUT2D eigenvalue weighted by Crippen LogP contribution is 2.29. The number of morpholine rings is 1. The summed E-state index contributed by atoms with van der Waals surface area (Å²) in [5.41, 5.74) is 1.11. The van der Waals surface area contributed by atoms with Crippen molar-refractivity contribution in [2.24, 2.45) is 5.92 Å². The highest BCUT2D eigenvalue weighted by molar-refractivity contribution is 5.28. The van der Waals surface area contributed by atoms with E-state index in [4.69, 9.17) is 9.47 Å². The summed E-state index contributed by atoms with van der Waals surface area (Å²) in [4.78, 5) is 4.34. The Morgan fingerprint density at radius 3 is 3.00 bits per heavy atom. The third-order valence-corrected chi connectivity index (χ3v) is 5.42. The minimum absolute atomic E-state index is 0.322. The number of nitrogens with zero attached hydrogens (tertiary/aromatic N) is 1. The number of benzene rings is 1. The molecule has 2 N–H and O–H groups in total. The standard InChI is InChI=1S/C21H26FN3O2/c22-16-3-1-4-17(11-16)27-21-8-7-15(13-25-21)12-24-19-6-2-5-18(19)20-14-26-10-9-23-20/h1,3-4,7-8,11,13,18-20,23-24H,2,5-6,9-10,12,14H2. The second-order valence-corrected chi connectivity index (χ2v) is 7.28. The van der Waals surface area contributed by atoms with E-state index in [2.05, 4.69) is 15.6 Å². The molecule has 0 radical (unpaired) electrons. The maximum Gasteiger partial charge on any atom is 0.219 e. The molecule has 0 amide bonds. The molecule has 27 heavy (non-hydrogen) atoms. The molecule has 144 valence electrons. The summed E-state index contributed by atoms with van der Waals surface area (Å²) in [5.74, 6) is 1.21. The predicted octanol–water partition coefficient (Wildman–Crippen LogP) is 3.26. The Kier molecular flexibility index (Phi) is 5.97. The van der Waals surface area contributed by atoms with E-state index in [-0.39, 0.29) is 5.82 Å². The van der Waals surface area contributed by atoms with Crippen LogP contribution in [0, 0.1) is 11.7 Å². The van der Waals surface area contributed by atoms with Crippen molar-refractivity contribution in [2.75, 3.05) is 19.8 Å². The normalized spacial score (nSPS) is 25.4. The average Bonchev–Trinajstić information content (AvgIpc) is 3.17. The van der Waals surface area contributed by atoms with E-state index in [0.29, 0.717) is 29.6 Å². The molecule has 1 saturated carbocycles. The first-order valence-electron chi connectivity index (χ1n) is 9.71. The van der Waals surface area contributed by atoms with Gasteiger partial charge < -0.3 is 20.1 Å². The van der Waals surface area contributed by atoms with Gasteiger partial charge in [0.15, 0.2) is 0 Å². The second kappa shape index (κ2) is 8.78. The summed E-state index contributed by atoms with van der Waals surface area (Å²) < 4.78 is 24.5. The summed E-state index contributed by atoms with van der Waals surface area (Å²) >= 11 is 0. The van der Waals surface area contributed by atoms with Crippen molar-refractivity contribution in [2.45, 2.75) is 37.9 Å². The molecule has 4 rings (SSSR count). The minimum atomic E-state index is -0.322. The van der Waals surface area contributed by atoms with Gasteiger partial charge in [-0.1, -0.05) is 18.6 Å². The zero-order chi connectivity index (χ0) is 18.5. The van der Waals surface area contributed by atoms with Crippen LogP contribution in [-0.4, -0.2) is 36.8 Å². The Morgan fingerprint density at radius 1 is 1.26 bits per heavy atom. The number of hydrogen-bond acceptors (Lipinski definition) is 5. The van der Waals surface area contributed by atoms with E-state index in [1.807, 2.05) is 18.3 Å². The van der Waals surface area contributed by atoms with Crippen LogP contribution in [0.4, 0.5) is 4.39 Å². The average molecular weight is 371 g/mol. The Bertz CT molecular complexity index is 734. The van der Waals surface area contributed by atoms with Gasteiger partial charge in [-0.25, -0.2) is 9.37 Å². The lowest BCUT2D eigenvalue weighted by Gasteiger charge is -2.33. The topological polar surface area (TPSA) is 55.4 Å². The van der Waals surface area contributed by atoms with E-state index in [0.717, 1.165) is 31.9 Å². The number of nitrogens with one attached hydrogen (secondary N) is 2. The fraction of sp³-hybridized carbons (Fsp3) is 0.476. The maximum atomic E-state index is 13.2. The summed E-state index contributed by atoms with van der Waals surface area (Å²) in [5, 5.41) is 7.30. The van der Waals surface area contributed by atoms with Crippen molar-refractivity contribution in [3.63, 3.8) is 0 Å². The first-order chi connectivity index (χ1) is 13.3. The summed E-state index contributed by atoms with van der Waals surface area (Å²) in [7, 11) is 0. The van der Waals surface area contributed by atoms with Crippen molar-refractivity contribution in [3.05, 3.63) is 54.0 Å². The molecule has 3 atom stereocenters. The first kappa shape index (κ1) is 18.3. The molecule has 2 heterocycles. The van der Waals surface area contributed by atoms with Crippen LogP contribution in [0.1, 0.15) is 24.8 Å². The number of halogens is 1. The molecule has 5 nitrogen and oxygen atoms in total. The van der Waals surface area contributed by atoms with Crippen LogP contribution in [0.15, 0.2) is 42.6 Å². The summed E-state index contributed by atoms with van der Waals surface area (Å²) in [6.07, 6.45) is 5.53. The molecule has 1 aliphatic carbocycles. The minimum Gasteiger partial charge on any atom is -0.439 e. The summed E-state index contributed by atoms with van der Waals surface area (Å²) in [6, 6.07) is 10.9. The van der Waals surface area contributed by atoms with Crippen molar-refractivity contribution in [1.82, 2.24) is 15.6 Å². The zero-order valence-electron chi connectivity index (χ0n) is 15.4. The lowest BCUT2D eigenvalue weighted by Crippen LogP contribution is -2.50. The van der Waals surface area contributed by atoms with Crippen LogP contribution in [-0.2, 0) is 11.3 Å². The van der Waals surface area contributed by atoms with Crippen LogP contribution < -0.4 is 15.4 Å². The predicted molar refractivity (Wildman–Crippen MR) is 101 cm³/mol. The maximum absolute atomic E-state index is 13.2. The van der Waals surface area contributed by atoms with E-state index >= 15 is 0 Å². The van der Waals surface area contributed by atoms with Crippen molar-refractivity contribution in [1.29, 1.82) is 0 Å². The van der Waals surface area contributed by atoms with Crippen molar-refractivity contribution >= 4 is 0 Å². The Labute approximate surface area is 159 Å². The third-order valence-electron chi connectivity index (χ3n) is 5.42. The number of ether oxygens (including phenoxy) is 2. The molecule has 2 fully saturated rings. The molecule has 2 aromatic rings. The lowest BCUT2D eigenvalue weighted by atomic mass is 9.94. The molecule has 0 spiro atoms. The van der Waals surface area contributed by atoms with Crippen LogP contribution in [0.5, 0.6) is 11.6 Å². The molecule has 1 aromatic carbocycles. The van der Waals surface area contributed by atoms with Crippen LogP contribution in [0.25, 0.3) is 0 Å². The molecule has 6 heteroatoms. The molecular weight excluding hydrogens is 345 g/mol. The SMILES string of the molecule is Fc1cccc(Oc2ccc(CNC3CCCC3C3COCCN3)cn2)c1.